The Morgan fingerprint density at radius 3 is 2.32 bits per heavy atom. The van der Waals surface area contributed by atoms with Gasteiger partial charge in [-0.05, 0) is 48.8 Å². The number of nitrogens with zero attached hydrogens (tertiary/aromatic N) is 1. The molecule has 0 radical (unpaired) electrons. The van der Waals surface area contributed by atoms with Crippen molar-refractivity contribution in [2.45, 2.75) is 13.1 Å². The summed E-state index contributed by atoms with van der Waals surface area (Å²) in [6, 6.07) is 18.7. The fraction of sp³-hybridized carbons (Fsp3) is 0.182. The number of rotatable bonds is 7. The molecule has 3 aromatic rings. The van der Waals surface area contributed by atoms with E-state index in [1.165, 1.54) is 16.9 Å². The van der Waals surface area contributed by atoms with E-state index < -0.39 is 0 Å². The third-order valence-corrected chi connectivity index (χ3v) is 5.08. The van der Waals surface area contributed by atoms with Crippen molar-refractivity contribution in [3.63, 3.8) is 0 Å². The Hall–Kier alpha value is -2.96. The Kier molecular flexibility index (Phi) is 6.57. The molecular weight excluding hydrogens is 370 g/mol. The van der Waals surface area contributed by atoms with Crippen LogP contribution in [0.25, 0.3) is 0 Å². The summed E-state index contributed by atoms with van der Waals surface area (Å²) in [5.41, 5.74) is 3.19. The van der Waals surface area contributed by atoms with Gasteiger partial charge in [-0.3, -0.25) is 9.59 Å². The quantitative estimate of drug-likeness (QED) is 0.638. The minimum absolute atomic E-state index is 0.216. The molecule has 0 spiro atoms. The highest BCUT2D eigenvalue weighted by molar-refractivity contribution is 7.12. The molecule has 0 fully saturated rings. The second kappa shape index (κ2) is 9.30. The van der Waals surface area contributed by atoms with Gasteiger partial charge in [0, 0.05) is 13.1 Å². The largest absolute Gasteiger partial charge is 0.348 e. The standard InChI is InChI=1S/C22H23N3O2S/c1-25(2)15-17-9-4-3-8-16(17)14-23-21(26)18-10-5-6-11-19(18)24-22(27)20-12-7-13-28-20/h3-13H,14-15H2,1-2H3,(H,23,26)(H,24,27). The highest BCUT2D eigenvalue weighted by atomic mass is 32.1. The lowest BCUT2D eigenvalue weighted by molar-refractivity contribution is 0.0951. The lowest BCUT2D eigenvalue weighted by atomic mass is 10.1. The first kappa shape index (κ1) is 19.8. The van der Waals surface area contributed by atoms with Gasteiger partial charge >= 0.3 is 0 Å². The third-order valence-electron chi connectivity index (χ3n) is 4.21. The van der Waals surface area contributed by atoms with Gasteiger partial charge < -0.3 is 15.5 Å². The number of hydrogen-bond acceptors (Lipinski definition) is 4. The van der Waals surface area contributed by atoms with Crippen molar-refractivity contribution < 1.29 is 9.59 Å². The molecule has 1 aromatic heterocycles. The molecule has 0 aliphatic heterocycles. The molecule has 144 valence electrons. The predicted molar refractivity (Wildman–Crippen MR) is 114 cm³/mol. The first-order chi connectivity index (χ1) is 13.5. The number of hydrogen-bond donors (Lipinski definition) is 2. The second-order valence-corrected chi connectivity index (χ2v) is 7.61. The number of amides is 2. The monoisotopic (exact) mass is 393 g/mol. The van der Waals surface area contributed by atoms with Gasteiger partial charge in [0.2, 0.25) is 0 Å². The number of carbonyl (C=O) groups excluding carboxylic acids is 2. The average molecular weight is 394 g/mol. The average Bonchev–Trinajstić information content (AvgIpc) is 3.22. The molecule has 0 aliphatic rings. The van der Waals surface area contributed by atoms with E-state index in [0.717, 1.165) is 12.1 Å². The Bertz CT molecular complexity index is 952. The van der Waals surface area contributed by atoms with E-state index in [0.29, 0.717) is 22.7 Å². The number of anilines is 1. The van der Waals surface area contributed by atoms with E-state index in [1.54, 1.807) is 30.3 Å². The van der Waals surface area contributed by atoms with Crippen LogP contribution in [0, 0.1) is 0 Å². The van der Waals surface area contributed by atoms with Crippen LogP contribution < -0.4 is 10.6 Å². The maximum absolute atomic E-state index is 12.8. The summed E-state index contributed by atoms with van der Waals surface area (Å²) in [6.45, 7) is 1.23. The summed E-state index contributed by atoms with van der Waals surface area (Å²) >= 11 is 1.36. The van der Waals surface area contributed by atoms with Crippen LogP contribution in [-0.4, -0.2) is 30.8 Å². The molecular formula is C22H23N3O2S. The number of para-hydroxylation sites is 1. The van der Waals surface area contributed by atoms with E-state index in [1.807, 2.05) is 43.7 Å². The van der Waals surface area contributed by atoms with Gasteiger partial charge in [0.15, 0.2) is 0 Å². The lowest BCUT2D eigenvalue weighted by Crippen LogP contribution is -2.25. The Labute approximate surface area is 169 Å². The number of benzene rings is 2. The summed E-state index contributed by atoms with van der Waals surface area (Å²) in [7, 11) is 4.03. The SMILES string of the molecule is CN(C)Cc1ccccc1CNC(=O)c1ccccc1NC(=O)c1cccs1. The minimum atomic E-state index is -0.221. The minimum Gasteiger partial charge on any atom is -0.348 e. The molecule has 5 nitrogen and oxygen atoms in total. The van der Waals surface area contributed by atoms with Crippen LogP contribution in [0.5, 0.6) is 0 Å². The molecule has 2 aromatic carbocycles. The molecule has 0 aliphatic carbocycles. The van der Waals surface area contributed by atoms with Crippen molar-refractivity contribution in [2.75, 3.05) is 19.4 Å². The Balaban J connectivity index is 1.71. The predicted octanol–water partition coefficient (Wildman–Crippen LogP) is 3.99. The third kappa shape index (κ3) is 5.06. The fourth-order valence-electron chi connectivity index (χ4n) is 2.88. The van der Waals surface area contributed by atoms with Crippen molar-refractivity contribution in [1.29, 1.82) is 0 Å². The van der Waals surface area contributed by atoms with Crippen LogP contribution in [0.1, 0.15) is 31.2 Å². The van der Waals surface area contributed by atoms with E-state index in [4.69, 9.17) is 0 Å². The zero-order chi connectivity index (χ0) is 19.9. The zero-order valence-electron chi connectivity index (χ0n) is 15.9. The molecule has 3 rings (SSSR count). The zero-order valence-corrected chi connectivity index (χ0v) is 16.8. The van der Waals surface area contributed by atoms with Crippen LogP contribution >= 0.6 is 11.3 Å². The number of nitrogens with one attached hydrogen (secondary N) is 2. The highest BCUT2D eigenvalue weighted by Crippen LogP contribution is 2.18. The first-order valence-electron chi connectivity index (χ1n) is 8.98. The van der Waals surface area contributed by atoms with E-state index in [9.17, 15) is 9.59 Å². The molecule has 0 saturated heterocycles. The van der Waals surface area contributed by atoms with Gasteiger partial charge in [-0.25, -0.2) is 0 Å². The Morgan fingerprint density at radius 1 is 0.893 bits per heavy atom. The van der Waals surface area contributed by atoms with Crippen molar-refractivity contribution in [3.05, 3.63) is 87.6 Å². The molecule has 6 heteroatoms. The maximum atomic E-state index is 12.8. The fourth-order valence-corrected chi connectivity index (χ4v) is 3.50. The molecule has 0 unspecified atom stereocenters. The van der Waals surface area contributed by atoms with Crippen LogP contribution in [-0.2, 0) is 13.1 Å². The van der Waals surface area contributed by atoms with Crippen molar-refractivity contribution in [1.82, 2.24) is 10.2 Å². The number of carbonyl (C=O) groups is 2. The summed E-state index contributed by atoms with van der Waals surface area (Å²) in [4.78, 5) is 27.8. The summed E-state index contributed by atoms with van der Waals surface area (Å²) < 4.78 is 0. The Morgan fingerprint density at radius 2 is 1.61 bits per heavy atom. The van der Waals surface area contributed by atoms with E-state index in [2.05, 4.69) is 21.6 Å². The van der Waals surface area contributed by atoms with Gasteiger partial charge in [0.1, 0.15) is 0 Å². The van der Waals surface area contributed by atoms with Crippen LogP contribution in [0.4, 0.5) is 5.69 Å². The van der Waals surface area contributed by atoms with E-state index >= 15 is 0 Å². The van der Waals surface area contributed by atoms with Crippen LogP contribution in [0.3, 0.4) is 0 Å². The first-order valence-corrected chi connectivity index (χ1v) is 9.86. The summed E-state index contributed by atoms with van der Waals surface area (Å²) in [5, 5.41) is 7.65. The number of thiophene rings is 1. The summed E-state index contributed by atoms with van der Waals surface area (Å²) in [5.74, 6) is -0.437. The summed E-state index contributed by atoms with van der Waals surface area (Å²) in [6.07, 6.45) is 0. The van der Waals surface area contributed by atoms with Crippen molar-refractivity contribution in [2.24, 2.45) is 0 Å². The van der Waals surface area contributed by atoms with Gasteiger partial charge in [0.25, 0.3) is 11.8 Å². The van der Waals surface area contributed by atoms with E-state index in [-0.39, 0.29) is 11.8 Å². The second-order valence-electron chi connectivity index (χ2n) is 6.67. The van der Waals surface area contributed by atoms with Gasteiger partial charge in [-0.2, -0.15) is 0 Å². The molecule has 2 amide bonds. The molecule has 0 atom stereocenters. The smallest absolute Gasteiger partial charge is 0.265 e. The van der Waals surface area contributed by atoms with Crippen LogP contribution in [0.15, 0.2) is 66.0 Å². The molecule has 0 saturated carbocycles. The highest BCUT2D eigenvalue weighted by Gasteiger charge is 2.15. The molecule has 2 N–H and O–H groups in total. The van der Waals surface area contributed by atoms with Gasteiger partial charge in [-0.15, -0.1) is 11.3 Å². The molecule has 0 bridgehead atoms. The molecule has 1 heterocycles. The topological polar surface area (TPSA) is 61.4 Å². The van der Waals surface area contributed by atoms with Crippen molar-refractivity contribution >= 4 is 28.8 Å². The van der Waals surface area contributed by atoms with Crippen LogP contribution in [0.2, 0.25) is 0 Å². The van der Waals surface area contributed by atoms with Gasteiger partial charge in [-0.1, -0.05) is 42.5 Å². The normalized spacial score (nSPS) is 10.7. The van der Waals surface area contributed by atoms with Crippen molar-refractivity contribution in [3.8, 4) is 0 Å². The lowest BCUT2D eigenvalue weighted by Gasteiger charge is -2.15. The molecule has 28 heavy (non-hydrogen) atoms. The van der Waals surface area contributed by atoms with Gasteiger partial charge in [0.05, 0.1) is 16.1 Å². The maximum Gasteiger partial charge on any atom is 0.265 e.